The minimum atomic E-state index is -0.143. The molecular weight excluding hydrogens is 450 g/mol. The summed E-state index contributed by atoms with van der Waals surface area (Å²) >= 11 is 0. The molecule has 2 N–H and O–H groups in total. The lowest BCUT2D eigenvalue weighted by Crippen LogP contribution is -2.16. The number of benzene rings is 3. The molecule has 0 radical (unpaired) electrons. The molecule has 7 heteroatoms. The van der Waals surface area contributed by atoms with Crippen molar-refractivity contribution in [3.05, 3.63) is 90.0 Å². The highest BCUT2D eigenvalue weighted by atomic mass is 16.5. The van der Waals surface area contributed by atoms with E-state index in [1.165, 1.54) is 0 Å². The van der Waals surface area contributed by atoms with Crippen molar-refractivity contribution >= 4 is 11.6 Å². The van der Waals surface area contributed by atoms with E-state index in [1.807, 2.05) is 67.6 Å². The summed E-state index contributed by atoms with van der Waals surface area (Å²) in [7, 11) is 0. The summed E-state index contributed by atoms with van der Waals surface area (Å²) in [6, 6.07) is 20.1. The van der Waals surface area contributed by atoms with Gasteiger partial charge in [0.15, 0.2) is 0 Å². The smallest absolute Gasteiger partial charge is 0.228 e. The number of aromatic nitrogens is 4. The van der Waals surface area contributed by atoms with Crippen molar-refractivity contribution in [1.29, 1.82) is 0 Å². The van der Waals surface area contributed by atoms with Gasteiger partial charge in [-0.15, -0.1) is 10.2 Å². The maximum absolute atomic E-state index is 13.1. The second kappa shape index (κ2) is 10.2. The molecule has 4 aromatic rings. The van der Waals surface area contributed by atoms with Crippen molar-refractivity contribution in [2.75, 3.05) is 5.32 Å². The van der Waals surface area contributed by atoms with Gasteiger partial charge in [0.2, 0.25) is 11.7 Å². The molecular formula is C29H29N5O2. The van der Waals surface area contributed by atoms with Crippen molar-refractivity contribution < 1.29 is 9.53 Å². The summed E-state index contributed by atoms with van der Waals surface area (Å²) in [5, 5.41) is 17.8. The van der Waals surface area contributed by atoms with Crippen molar-refractivity contribution in [1.82, 2.24) is 20.6 Å². The number of carbonyl (C=O) groups excluding carboxylic acids is 1. The Balaban J connectivity index is 1.57. The SMILES string of the molecule is C=C[C@H]1Oc2c(NC(=O)Cc3ccc(C)cc3)cc(-c3ccccc3-c3nn[nH]n3)cc2[C@@H]1CCC. The standard InChI is InChI=1S/C29H29N5O2/c1-4-8-22-24-16-20(21-9-6-7-10-23(21)29-31-33-34-32-29)17-25(28(24)36-26(22)5-2)30-27(35)15-19-13-11-18(3)12-14-19/h5-7,9-14,16-17,22,26H,2,4,8,15H2,1,3H3,(H,30,35)(H,31,32,33,34)/t22-,26+/m0/s1. The van der Waals surface area contributed by atoms with Crippen LogP contribution in [0.2, 0.25) is 0 Å². The van der Waals surface area contributed by atoms with Gasteiger partial charge in [-0.05, 0) is 47.4 Å². The highest BCUT2D eigenvalue weighted by Gasteiger charge is 2.34. The van der Waals surface area contributed by atoms with Crippen LogP contribution in [0.3, 0.4) is 0 Å². The fourth-order valence-electron chi connectivity index (χ4n) is 4.84. The number of aryl methyl sites for hydroxylation is 1. The van der Waals surface area contributed by atoms with E-state index in [9.17, 15) is 4.79 Å². The lowest BCUT2D eigenvalue weighted by atomic mass is 9.88. The van der Waals surface area contributed by atoms with E-state index in [0.29, 0.717) is 11.5 Å². The molecule has 0 bridgehead atoms. The number of rotatable bonds is 8. The summed E-state index contributed by atoms with van der Waals surface area (Å²) < 4.78 is 6.34. The Morgan fingerprint density at radius 2 is 1.92 bits per heavy atom. The third-order valence-corrected chi connectivity index (χ3v) is 6.58. The summed E-state index contributed by atoms with van der Waals surface area (Å²) in [4.78, 5) is 13.1. The van der Waals surface area contributed by atoms with Gasteiger partial charge in [-0.3, -0.25) is 4.79 Å². The first-order chi connectivity index (χ1) is 17.6. The Labute approximate surface area is 210 Å². The highest BCUT2D eigenvalue weighted by Crippen LogP contribution is 2.48. The molecule has 7 nitrogen and oxygen atoms in total. The number of amides is 1. The fraction of sp³-hybridized carbons (Fsp3) is 0.241. The Morgan fingerprint density at radius 3 is 2.61 bits per heavy atom. The number of ether oxygens (including phenoxy) is 1. The average molecular weight is 480 g/mol. The minimum Gasteiger partial charge on any atom is -0.483 e. The van der Waals surface area contributed by atoms with Gasteiger partial charge in [0, 0.05) is 17.0 Å². The molecule has 1 amide bonds. The summed E-state index contributed by atoms with van der Waals surface area (Å²) in [5.74, 6) is 1.30. The second-order valence-corrected chi connectivity index (χ2v) is 9.15. The van der Waals surface area contributed by atoms with Crippen LogP contribution >= 0.6 is 0 Å². The van der Waals surface area contributed by atoms with Gasteiger partial charge in [-0.1, -0.05) is 80.1 Å². The van der Waals surface area contributed by atoms with Crippen molar-refractivity contribution in [2.45, 2.75) is 45.1 Å². The fourth-order valence-corrected chi connectivity index (χ4v) is 4.84. The minimum absolute atomic E-state index is 0.0950. The highest BCUT2D eigenvalue weighted by molar-refractivity contribution is 5.96. The number of carbonyl (C=O) groups is 1. The molecule has 5 rings (SSSR count). The molecule has 1 aromatic heterocycles. The van der Waals surface area contributed by atoms with Crippen LogP contribution in [0.1, 0.15) is 42.4 Å². The number of nitrogens with zero attached hydrogens (tertiary/aromatic N) is 3. The monoisotopic (exact) mass is 479 g/mol. The van der Waals surface area contributed by atoms with Gasteiger partial charge in [0.1, 0.15) is 11.9 Å². The molecule has 1 aliphatic rings. The molecule has 0 spiro atoms. The largest absolute Gasteiger partial charge is 0.483 e. The topological polar surface area (TPSA) is 92.8 Å². The molecule has 0 saturated heterocycles. The number of tetrazole rings is 1. The van der Waals surface area contributed by atoms with Crippen molar-refractivity contribution in [2.24, 2.45) is 0 Å². The van der Waals surface area contributed by atoms with Gasteiger partial charge in [0.25, 0.3) is 0 Å². The lowest BCUT2D eigenvalue weighted by Gasteiger charge is -2.15. The molecule has 3 aromatic carbocycles. The van der Waals surface area contributed by atoms with Crippen LogP contribution in [-0.4, -0.2) is 32.6 Å². The first kappa shape index (κ1) is 23.5. The quantitative estimate of drug-likeness (QED) is 0.309. The first-order valence-corrected chi connectivity index (χ1v) is 12.2. The predicted octanol–water partition coefficient (Wildman–Crippen LogP) is 5.85. The molecule has 2 heterocycles. The lowest BCUT2D eigenvalue weighted by molar-refractivity contribution is -0.115. The normalized spacial score (nSPS) is 16.3. The van der Waals surface area contributed by atoms with E-state index in [4.69, 9.17) is 4.74 Å². The average Bonchev–Trinajstić information content (AvgIpc) is 3.54. The zero-order valence-corrected chi connectivity index (χ0v) is 20.5. The predicted molar refractivity (Wildman–Crippen MR) is 141 cm³/mol. The molecule has 0 saturated carbocycles. The van der Waals surface area contributed by atoms with E-state index in [-0.39, 0.29) is 24.3 Å². The Morgan fingerprint density at radius 1 is 1.14 bits per heavy atom. The number of nitrogens with one attached hydrogen (secondary N) is 2. The molecule has 36 heavy (non-hydrogen) atoms. The number of hydrogen-bond acceptors (Lipinski definition) is 5. The van der Waals surface area contributed by atoms with Crippen LogP contribution in [0.4, 0.5) is 5.69 Å². The maximum atomic E-state index is 13.1. The van der Waals surface area contributed by atoms with Gasteiger partial charge >= 0.3 is 0 Å². The molecule has 2 atom stereocenters. The van der Waals surface area contributed by atoms with Crippen LogP contribution in [0.5, 0.6) is 5.75 Å². The number of anilines is 1. The van der Waals surface area contributed by atoms with E-state index in [1.54, 1.807) is 0 Å². The van der Waals surface area contributed by atoms with Crippen LogP contribution < -0.4 is 10.1 Å². The zero-order valence-electron chi connectivity index (χ0n) is 20.5. The van der Waals surface area contributed by atoms with E-state index in [2.05, 4.69) is 45.5 Å². The Bertz CT molecular complexity index is 1380. The molecule has 0 aliphatic carbocycles. The molecule has 182 valence electrons. The Kier molecular flexibility index (Phi) is 6.62. The van der Waals surface area contributed by atoms with Gasteiger partial charge in [-0.2, -0.15) is 5.21 Å². The van der Waals surface area contributed by atoms with Crippen molar-refractivity contribution in [3.8, 4) is 28.3 Å². The summed E-state index contributed by atoms with van der Waals surface area (Å²) in [6.45, 7) is 8.20. The van der Waals surface area contributed by atoms with Crippen LogP contribution in [0, 0.1) is 6.92 Å². The van der Waals surface area contributed by atoms with E-state index in [0.717, 1.165) is 52.0 Å². The van der Waals surface area contributed by atoms with Gasteiger partial charge < -0.3 is 10.1 Å². The Hall–Kier alpha value is -4.26. The third-order valence-electron chi connectivity index (χ3n) is 6.58. The zero-order chi connectivity index (χ0) is 25.1. The number of fused-ring (bicyclic) bond motifs is 1. The second-order valence-electron chi connectivity index (χ2n) is 9.15. The summed E-state index contributed by atoms with van der Waals surface area (Å²) in [6.07, 6.45) is 3.95. The van der Waals surface area contributed by atoms with E-state index >= 15 is 0 Å². The third kappa shape index (κ3) is 4.64. The number of aromatic amines is 1. The molecule has 0 unspecified atom stereocenters. The van der Waals surface area contributed by atoms with Crippen LogP contribution in [0.25, 0.3) is 22.5 Å². The maximum Gasteiger partial charge on any atom is 0.228 e. The van der Waals surface area contributed by atoms with Gasteiger partial charge in [-0.25, -0.2) is 0 Å². The summed E-state index contributed by atoms with van der Waals surface area (Å²) in [5.41, 5.74) is 6.62. The molecule has 1 aliphatic heterocycles. The first-order valence-electron chi connectivity index (χ1n) is 12.2. The van der Waals surface area contributed by atoms with Crippen LogP contribution in [-0.2, 0) is 11.2 Å². The van der Waals surface area contributed by atoms with Gasteiger partial charge in [0.05, 0.1) is 12.1 Å². The van der Waals surface area contributed by atoms with Crippen LogP contribution in [0.15, 0.2) is 73.3 Å². The number of H-pyrrole nitrogens is 1. The van der Waals surface area contributed by atoms with Crippen molar-refractivity contribution in [3.63, 3.8) is 0 Å². The van der Waals surface area contributed by atoms with E-state index < -0.39 is 0 Å². The number of hydrogen-bond donors (Lipinski definition) is 2. The molecule has 0 fully saturated rings.